The van der Waals surface area contributed by atoms with E-state index in [2.05, 4.69) is 20.1 Å². The molecule has 2 aromatic heterocycles. The minimum Gasteiger partial charge on any atom is -0.308 e. The lowest BCUT2D eigenvalue weighted by Crippen LogP contribution is -2.15. The van der Waals surface area contributed by atoms with Gasteiger partial charge in [-0.25, -0.2) is 24.2 Å². The molecule has 0 aromatic carbocycles. The molecule has 4 N–H and O–H groups in total. The van der Waals surface area contributed by atoms with Crippen molar-refractivity contribution in [2.75, 3.05) is 10.1 Å². The number of pyridine rings is 2. The van der Waals surface area contributed by atoms with Gasteiger partial charge >= 0.3 is 0 Å². The first kappa shape index (κ1) is 13.2. The van der Waals surface area contributed by atoms with Crippen LogP contribution >= 0.6 is 0 Å². The van der Waals surface area contributed by atoms with E-state index in [4.69, 9.17) is 5.84 Å². The normalized spacial score (nSPS) is 11.1. The fraction of sp³-hybridized carbons (Fsp3) is 0.0909. The Morgan fingerprint density at radius 1 is 1.16 bits per heavy atom. The van der Waals surface area contributed by atoms with Crippen molar-refractivity contribution in [1.29, 1.82) is 0 Å². The van der Waals surface area contributed by atoms with E-state index in [0.717, 1.165) is 5.56 Å². The summed E-state index contributed by atoms with van der Waals surface area (Å²) >= 11 is 0. The summed E-state index contributed by atoms with van der Waals surface area (Å²) in [4.78, 5) is 7.82. The van der Waals surface area contributed by atoms with Gasteiger partial charge in [-0.05, 0) is 36.8 Å². The maximum Gasteiger partial charge on any atom is 0.264 e. The summed E-state index contributed by atoms with van der Waals surface area (Å²) in [6.45, 7) is 1.85. The van der Waals surface area contributed by atoms with E-state index in [1.54, 1.807) is 12.1 Å². The van der Waals surface area contributed by atoms with Gasteiger partial charge in [0.2, 0.25) is 0 Å². The van der Waals surface area contributed by atoms with E-state index in [1.165, 1.54) is 24.5 Å². The van der Waals surface area contributed by atoms with Crippen LogP contribution in [0.4, 0.5) is 11.6 Å². The van der Waals surface area contributed by atoms with Crippen LogP contribution in [0.15, 0.2) is 41.6 Å². The van der Waals surface area contributed by atoms with Crippen molar-refractivity contribution in [2.24, 2.45) is 5.84 Å². The molecule has 0 bridgehead atoms. The van der Waals surface area contributed by atoms with Crippen molar-refractivity contribution in [3.63, 3.8) is 0 Å². The molecule has 0 aliphatic carbocycles. The molecule has 0 fully saturated rings. The lowest BCUT2D eigenvalue weighted by Gasteiger charge is -2.07. The van der Waals surface area contributed by atoms with Crippen LogP contribution in [-0.2, 0) is 10.0 Å². The third-order valence-corrected chi connectivity index (χ3v) is 3.69. The highest BCUT2D eigenvalue weighted by Gasteiger charge is 2.15. The Morgan fingerprint density at radius 2 is 1.95 bits per heavy atom. The van der Waals surface area contributed by atoms with Gasteiger partial charge in [0.05, 0.1) is 0 Å². The highest BCUT2D eigenvalue weighted by atomic mass is 32.2. The van der Waals surface area contributed by atoms with Gasteiger partial charge in [0.1, 0.15) is 16.5 Å². The summed E-state index contributed by atoms with van der Waals surface area (Å²) < 4.78 is 26.5. The van der Waals surface area contributed by atoms with Crippen LogP contribution in [0.1, 0.15) is 5.56 Å². The summed E-state index contributed by atoms with van der Waals surface area (Å²) in [6, 6.07) is 6.29. The highest BCUT2D eigenvalue weighted by Crippen LogP contribution is 2.15. The van der Waals surface area contributed by atoms with Gasteiger partial charge in [0, 0.05) is 12.4 Å². The highest BCUT2D eigenvalue weighted by molar-refractivity contribution is 7.92. The fourth-order valence-electron chi connectivity index (χ4n) is 1.41. The number of hydrazine groups is 1. The molecule has 0 aliphatic heterocycles. The summed E-state index contributed by atoms with van der Waals surface area (Å²) in [7, 11) is -3.70. The number of aromatic nitrogens is 2. The molecule has 2 heterocycles. The standard InChI is InChI=1S/C11H13N5O2S/c1-8-4-5-13-11(6-8)16-19(17,18)9-2-3-10(15-12)14-7-9/h2-7H,12H2,1H3,(H,13,16)(H,14,15). The Morgan fingerprint density at radius 3 is 2.53 bits per heavy atom. The number of hydrogen-bond acceptors (Lipinski definition) is 6. The Hall–Kier alpha value is -2.19. The molecule has 0 amide bonds. The van der Waals surface area contributed by atoms with Crippen LogP contribution in [0, 0.1) is 6.92 Å². The van der Waals surface area contributed by atoms with E-state index in [0.29, 0.717) is 5.82 Å². The molecular formula is C11H13N5O2S. The molecule has 2 rings (SSSR count). The number of nitrogens with one attached hydrogen (secondary N) is 2. The lowest BCUT2D eigenvalue weighted by atomic mass is 10.3. The molecule has 0 radical (unpaired) electrons. The quantitative estimate of drug-likeness (QED) is 0.566. The van der Waals surface area contributed by atoms with E-state index < -0.39 is 10.0 Å². The predicted octanol–water partition coefficient (Wildman–Crippen LogP) is 0.871. The number of anilines is 2. The van der Waals surface area contributed by atoms with E-state index in [-0.39, 0.29) is 10.7 Å². The molecule has 0 saturated heterocycles. The zero-order valence-electron chi connectivity index (χ0n) is 10.2. The lowest BCUT2D eigenvalue weighted by molar-refractivity contribution is 0.600. The van der Waals surface area contributed by atoms with Crippen molar-refractivity contribution >= 4 is 21.7 Å². The molecule has 0 saturated carbocycles. The largest absolute Gasteiger partial charge is 0.308 e. The number of aryl methyl sites for hydroxylation is 1. The second-order valence-corrected chi connectivity index (χ2v) is 5.53. The summed E-state index contributed by atoms with van der Waals surface area (Å²) in [5.74, 6) is 5.81. The number of nitrogen functional groups attached to an aromatic ring is 1. The minimum atomic E-state index is -3.70. The van der Waals surface area contributed by atoms with Crippen molar-refractivity contribution in [1.82, 2.24) is 9.97 Å². The molecular weight excluding hydrogens is 266 g/mol. The van der Waals surface area contributed by atoms with E-state index in [9.17, 15) is 8.42 Å². The molecule has 0 atom stereocenters. The second-order valence-electron chi connectivity index (χ2n) is 3.85. The first-order chi connectivity index (χ1) is 9.01. The van der Waals surface area contributed by atoms with E-state index in [1.807, 2.05) is 6.92 Å². The molecule has 2 aromatic rings. The predicted molar refractivity (Wildman–Crippen MR) is 71.8 cm³/mol. The minimum absolute atomic E-state index is 0.0369. The number of hydrogen-bond donors (Lipinski definition) is 3. The van der Waals surface area contributed by atoms with Gasteiger partial charge in [-0.2, -0.15) is 0 Å². The smallest absolute Gasteiger partial charge is 0.264 e. The van der Waals surface area contributed by atoms with Crippen molar-refractivity contribution in [3.8, 4) is 0 Å². The number of rotatable bonds is 4. The summed E-state index contributed by atoms with van der Waals surface area (Å²) in [6.07, 6.45) is 2.75. The monoisotopic (exact) mass is 279 g/mol. The van der Waals surface area contributed by atoms with E-state index >= 15 is 0 Å². The van der Waals surface area contributed by atoms with Crippen molar-refractivity contribution in [2.45, 2.75) is 11.8 Å². The molecule has 0 unspecified atom stereocenters. The molecule has 100 valence electrons. The van der Waals surface area contributed by atoms with Crippen LogP contribution in [0.3, 0.4) is 0 Å². The number of sulfonamides is 1. The molecule has 8 heteroatoms. The maximum atomic E-state index is 12.1. The molecule has 7 nitrogen and oxygen atoms in total. The first-order valence-corrected chi connectivity index (χ1v) is 6.88. The zero-order chi connectivity index (χ0) is 13.9. The van der Waals surface area contributed by atoms with Gasteiger partial charge in [0.15, 0.2) is 0 Å². The SMILES string of the molecule is Cc1ccnc(NS(=O)(=O)c2ccc(NN)nc2)c1. The van der Waals surface area contributed by atoms with Gasteiger partial charge in [0.25, 0.3) is 10.0 Å². The first-order valence-electron chi connectivity index (χ1n) is 5.39. The Bertz CT molecular complexity index is 670. The molecule has 0 aliphatic rings. The Labute approximate surface area is 110 Å². The van der Waals surface area contributed by atoms with Gasteiger partial charge in [-0.15, -0.1) is 0 Å². The average Bonchev–Trinajstić information content (AvgIpc) is 2.38. The molecule has 19 heavy (non-hydrogen) atoms. The van der Waals surface area contributed by atoms with Crippen LogP contribution in [0.2, 0.25) is 0 Å². The van der Waals surface area contributed by atoms with Crippen LogP contribution in [0.5, 0.6) is 0 Å². The van der Waals surface area contributed by atoms with Crippen LogP contribution in [0.25, 0.3) is 0 Å². The van der Waals surface area contributed by atoms with Gasteiger partial charge in [-0.1, -0.05) is 0 Å². The zero-order valence-corrected chi connectivity index (χ0v) is 11.0. The van der Waals surface area contributed by atoms with Crippen molar-refractivity contribution < 1.29 is 8.42 Å². The average molecular weight is 279 g/mol. The summed E-state index contributed by atoms with van der Waals surface area (Å²) in [5.41, 5.74) is 3.23. The number of nitrogens with two attached hydrogens (primary N) is 1. The summed E-state index contributed by atoms with van der Waals surface area (Å²) in [5, 5.41) is 0. The third-order valence-electron chi connectivity index (χ3n) is 2.35. The van der Waals surface area contributed by atoms with Crippen LogP contribution in [-0.4, -0.2) is 18.4 Å². The van der Waals surface area contributed by atoms with Gasteiger partial charge < -0.3 is 5.43 Å². The number of nitrogens with zero attached hydrogens (tertiary/aromatic N) is 2. The Balaban J connectivity index is 2.27. The van der Waals surface area contributed by atoms with Crippen LogP contribution < -0.4 is 16.0 Å². The van der Waals surface area contributed by atoms with Gasteiger partial charge in [-0.3, -0.25) is 4.72 Å². The Kier molecular flexibility index (Phi) is 3.63. The molecule has 0 spiro atoms. The van der Waals surface area contributed by atoms with Crippen molar-refractivity contribution in [3.05, 3.63) is 42.2 Å². The fourth-order valence-corrected chi connectivity index (χ4v) is 2.36. The maximum absolute atomic E-state index is 12.1. The topological polar surface area (TPSA) is 110 Å². The second kappa shape index (κ2) is 5.21. The third kappa shape index (κ3) is 3.18.